The number of aliphatic hydroxyl groups excluding tert-OH is 22. The van der Waals surface area contributed by atoms with Gasteiger partial charge in [0.25, 0.3) is 0 Å². The van der Waals surface area contributed by atoms with E-state index in [1.54, 1.807) is 0 Å². The Balaban J connectivity index is 1.26. The number of carbonyl (C=O) groups excluding carboxylic acids is 6. The van der Waals surface area contributed by atoms with E-state index < -0.39 is 397 Å². The molecule has 0 radical (unpaired) electrons. The number of carbonyl (C=O) groups is 6. The van der Waals surface area contributed by atoms with Crippen LogP contribution < -0.4 is 77.4 Å². The fourth-order valence-electron chi connectivity index (χ4n) is 13.7. The summed E-state index contributed by atoms with van der Waals surface area (Å²) in [4.78, 5) is 79.6. The van der Waals surface area contributed by atoms with Crippen LogP contribution in [0.1, 0.15) is 6.42 Å². The topological polar surface area (TPSA) is 943 Å². The van der Waals surface area contributed by atoms with Crippen molar-refractivity contribution in [3.63, 3.8) is 0 Å². The van der Waals surface area contributed by atoms with Crippen LogP contribution in [0.4, 0.5) is 0 Å². The van der Waals surface area contributed by atoms with Gasteiger partial charge in [-0.15, -0.1) is 0 Å². The number of ether oxygens (including phenoxy) is 14. The van der Waals surface area contributed by atoms with E-state index in [0.717, 1.165) is 0 Å². The Labute approximate surface area is 680 Å². The minimum absolute atomic E-state index is 0.595. The Morgan fingerprint density at radius 1 is 0.250 bits per heavy atom. The molecular weight excluding hydrogens is 1640 g/mol. The lowest BCUT2D eigenvalue weighted by molar-refractivity contribution is -0.392. The molecule has 21 rings (SSSR count). The number of aliphatic hydroxyl groups is 22. The van der Waals surface area contributed by atoms with Crippen LogP contribution in [0, 0.1) is 0 Å². The van der Waals surface area contributed by atoms with Crippen LogP contribution in [-0.2, 0) is 95.1 Å². The number of hydrogen-bond acceptors (Lipinski definition) is 50. The van der Waals surface area contributed by atoms with Gasteiger partial charge in [0.1, 0.15) is 207 Å². The van der Waals surface area contributed by atoms with E-state index in [2.05, 4.69) is 37.2 Å². The van der Waals surface area contributed by atoms with Crippen molar-refractivity contribution in [2.45, 2.75) is 270 Å². The van der Waals surface area contributed by atoms with Crippen molar-refractivity contribution in [1.29, 1.82) is 0 Å². The van der Waals surface area contributed by atoms with Gasteiger partial charge < -0.3 is 251 Å². The highest BCUT2D eigenvalue weighted by atomic mass is 16.8. The summed E-state index contributed by atoms with van der Waals surface area (Å²) in [5, 5.41) is 266. The van der Waals surface area contributed by atoms with Crippen molar-refractivity contribution < 1.29 is 207 Å². The maximum absolute atomic E-state index is 13.4. The second kappa shape index (κ2) is 46.0. The lowest BCUT2D eigenvalue weighted by Crippen LogP contribution is -2.69. The van der Waals surface area contributed by atoms with Crippen LogP contribution >= 0.6 is 0 Å². The van der Waals surface area contributed by atoms with E-state index in [4.69, 9.17) is 106 Å². The molecule has 0 aromatic carbocycles. The number of amides is 6. The van der Waals surface area contributed by atoms with Crippen LogP contribution in [0.15, 0.2) is 0 Å². The molecule has 43 atom stereocenters. The van der Waals surface area contributed by atoms with Crippen molar-refractivity contribution in [3.8, 4) is 0 Å². The second-order valence-electron chi connectivity index (χ2n) is 29.7. The first kappa shape index (κ1) is 100. The highest BCUT2D eigenvalue weighted by molar-refractivity contribution is 5.83. The summed E-state index contributed by atoms with van der Waals surface area (Å²) in [6.45, 7) is -12.8. The molecule has 43 N–H and O–H groups in total. The number of rotatable bonds is 30. The van der Waals surface area contributed by atoms with Gasteiger partial charge in [0.2, 0.25) is 35.4 Å². The Bertz CT molecular complexity index is 3220. The van der Waals surface area contributed by atoms with E-state index in [9.17, 15) is 141 Å². The zero-order chi connectivity index (χ0) is 88.7. The fourth-order valence-corrected chi connectivity index (χ4v) is 13.7. The average molecular weight is 1750 g/mol. The molecule has 0 aromatic rings. The van der Waals surface area contributed by atoms with Gasteiger partial charge in [0, 0.05) is 58.3 Å². The normalized spacial score (nSPS) is 41.6. The van der Waals surface area contributed by atoms with E-state index >= 15 is 0 Å². The summed E-state index contributed by atoms with van der Waals surface area (Å²) in [6.07, 6.45) is -82.8. The maximum atomic E-state index is 13.4. The third-order valence-electron chi connectivity index (χ3n) is 20.9. The van der Waals surface area contributed by atoms with Crippen molar-refractivity contribution in [2.24, 2.45) is 40.1 Å². The van der Waals surface area contributed by atoms with Gasteiger partial charge in [-0.2, -0.15) is 0 Å². The van der Waals surface area contributed by atoms with Gasteiger partial charge in [-0.25, -0.2) is 0 Å². The monoisotopic (exact) mass is 1750 g/mol. The summed E-state index contributed by atoms with van der Waals surface area (Å²) in [5.74, 6) is -6.57. The molecule has 6 amide bonds. The quantitative estimate of drug-likeness (QED) is 0.0297. The number of nitrogens with two attached hydrogens (primary N) is 7. The molecule has 56 heteroatoms. The van der Waals surface area contributed by atoms with E-state index in [0.29, 0.717) is 0 Å². The molecule has 21 heterocycles. The van der Waals surface area contributed by atoms with Crippen LogP contribution in [0.3, 0.4) is 0 Å². The second-order valence-corrected chi connectivity index (χ2v) is 29.7. The Hall–Kier alpha value is -4.94. The van der Waals surface area contributed by atoms with Crippen molar-refractivity contribution in [2.75, 3.05) is 92.1 Å². The minimum atomic E-state index is -2.52. The molecule has 21 fully saturated rings. The zero-order valence-corrected chi connectivity index (χ0v) is 64.0. The molecule has 120 heavy (non-hydrogen) atoms. The highest BCUT2D eigenvalue weighted by Gasteiger charge is 2.60. The molecule has 21 aliphatic rings. The first-order chi connectivity index (χ1) is 56.8. The summed E-state index contributed by atoms with van der Waals surface area (Å²) in [6, 6.07) is -11.0. The van der Waals surface area contributed by atoms with Gasteiger partial charge in [-0.3, -0.25) is 34.1 Å². The highest BCUT2D eigenvalue weighted by Crippen LogP contribution is 2.39. The predicted octanol–water partition coefficient (Wildman–Crippen LogP) is -25.9. The molecule has 21 saturated heterocycles. The van der Waals surface area contributed by atoms with Crippen molar-refractivity contribution >= 4 is 35.4 Å². The van der Waals surface area contributed by atoms with Gasteiger partial charge in [0.05, 0.1) is 52.3 Å². The first-order valence-electron chi connectivity index (χ1n) is 38.1. The van der Waals surface area contributed by atoms with Crippen LogP contribution in [-0.4, -0.2) is 503 Å². The van der Waals surface area contributed by atoms with Gasteiger partial charge >= 0.3 is 0 Å². The lowest BCUT2D eigenvalue weighted by Gasteiger charge is -2.50. The van der Waals surface area contributed by atoms with Gasteiger partial charge in [-0.1, -0.05) is 0 Å². The largest absolute Gasteiger partial charge is 0.395 e. The SMILES string of the molecule is N[C@@H](CO)CC(=O)NC[C@H]1O[C@@H]2O[C@H]3[C@H](O)[C@@H](O)[C@@H](O[C@H]4[C@H](O)[C@@H](O)[C@@H](O[C@H]5[C@H](O)[C@@H](O)[C@@H](O[C@H]6[C@H](O)[C@@H](O)[C@@H](O[C@H]7[C@H](O)[C@@H](O)[C@@H](O[C@H]8[C@H](O)[C@@H](O)[C@@H](O[C@H]1[C@H](O)[C@H]2O)O[C@@H]8CNC(O)[C@@H](N)CO)O[C@@H]7CNC(=O)[C@@H](N)CO)O[C@@H]6CNC(=O)[C@@H](N)CO)O[C@@H]5CNC(=O)[C@@H](N)CO)O[C@@H]4CNC(=O)[C@@H](N)CO)O[C@@H]3CNC(=O)[C@@H](N)CO. The minimum Gasteiger partial charge on any atom is -0.395 e. The molecule has 694 valence electrons. The Kier molecular flexibility index (Phi) is 38.5. The molecule has 0 aliphatic carbocycles. The summed E-state index contributed by atoms with van der Waals surface area (Å²) in [5.41, 5.74) is 40.6. The van der Waals surface area contributed by atoms with Crippen LogP contribution in [0.2, 0.25) is 0 Å². The standard InChI is InChI=1S/C64H116N14O42/c65-16(9-79)1-30(86)72-2-23-45-31(87)38(94)58(107-23)115-46-24(3-73-52(101)17(66)10-80)109-60(40(96)33(46)89)117-48-26(5-75-54(103)19(68)12-82)111-62(42(98)35(48)91)119-50-28(7-77-56(105)21(70)14-84)113-64(44(100)37(50)93)120-51-29(8-78-57(106)22(71)15-85)112-63(43(99)36(51)92)118-49-27(6-76-55(104)20(69)13-83)110-61(41(97)34(49)90)116-47-25(4-74-53(102)18(67)11-81)108-59(114-45)39(95)32(47)88/h16-29,31-51,53,58-64,74,79-85,87-100,102H,1-15,65-71H2,(H,72,86)(H,73,101)(H,75,103)(H,76,104)(H,77,105)(H,78,106)/t16-,17+,18+,19+,20+,21+,22+,23-,24-,25-,26-,27-,28-,29-,31-,32-,33-,34-,35-,36-,37-,38-,39-,40-,41-,42-,43-,44-,45-,46-,47-,48-,49-,50-,51-,53?,58-,59-,60-,61-,62-,63-,64-/m1/s1. The van der Waals surface area contributed by atoms with Gasteiger partial charge in [-0.05, 0) is 0 Å². The van der Waals surface area contributed by atoms with Crippen LogP contribution in [0.25, 0.3) is 0 Å². The smallest absolute Gasteiger partial charge is 0.239 e. The number of nitrogens with one attached hydrogen (secondary N) is 7. The van der Waals surface area contributed by atoms with Gasteiger partial charge in [0.15, 0.2) is 44.0 Å². The molecule has 1 unspecified atom stereocenters. The Morgan fingerprint density at radius 3 is 0.608 bits per heavy atom. The van der Waals surface area contributed by atoms with Crippen LogP contribution in [0.5, 0.6) is 0 Å². The molecule has 0 saturated carbocycles. The third kappa shape index (κ3) is 24.6. The van der Waals surface area contributed by atoms with E-state index in [-0.39, 0.29) is 0 Å². The van der Waals surface area contributed by atoms with E-state index in [1.807, 2.05) is 0 Å². The maximum Gasteiger partial charge on any atom is 0.239 e. The third-order valence-corrected chi connectivity index (χ3v) is 20.9. The lowest BCUT2D eigenvalue weighted by atomic mass is 9.94. The molecule has 21 aliphatic heterocycles. The zero-order valence-electron chi connectivity index (χ0n) is 64.0. The molecule has 0 spiro atoms. The summed E-state index contributed by atoms with van der Waals surface area (Å²) >= 11 is 0. The van der Waals surface area contributed by atoms with Crippen molar-refractivity contribution in [1.82, 2.24) is 37.2 Å². The average Bonchev–Trinajstić information content (AvgIpc) is 0.780. The van der Waals surface area contributed by atoms with E-state index in [1.165, 1.54) is 0 Å². The molecule has 56 nitrogen and oxygen atoms in total. The first-order valence-corrected chi connectivity index (χ1v) is 38.1. The summed E-state index contributed by atoms with van der Waals surface area (Å²) < 4.78 is 85.5. The van der Waals surface area contributed by atoms with Crippen molar-refractivity contribution in [3.05, 3.63) is 0 Å². The Morgan fingerprint density at radius 2 is 0.433 bits per heavy atom. The molecular formula is C64H116N14O42. The fraction of sp³-hybridized carbons (Fsp3) is 0.906. The summed E-state index contributed by atoms with van der Waals surface area (Å²) in [7, 11) is 0. The molecule has 14 bridgehead atoms. The predicted molar refractivity (Wildman–Crippen MR) is 381 cm³/mol. The number of hydrogen-bond donors (Lipinski definition) is 36. The molecule has 0 aromatic heterocycles.